The fourth-order valence-corrected chi connectivity index (χ4v) is 0.503. The van der Waals surface area contributed by atoms with Gasteiger partial charge in [-0.3, -0.25) is 4.79 Å². The Bertz CT molecular complexity index is 168. The van der Waals surface area contributed by atoms with Crippen molar-refractivity contribution < 1.29 is 9.59 Å². The van der Waals surface area contributed by atoms with Crippen LogP contribution in [-0.4, -0.2) is 11.6 Å². The lowest BCUT2D eigenvalue weighted by Gasteiger charge is -1.96. The first-order chi connectivity index (χ1) is 4.54. The predicted octanol–water partition coefficient (Wildman–Crippen LogP) is 1.50. The molecule has 0 aromatic carbocycles. The summed E-state index contributed by atoms with van der Waals surface area (Å²) in [5.74, 6) is 0.0728. The molecule has 0 radical (unpaired) electrons. The van der Waals surface area contributed by atoms with Crippen LogP contribution in [0.25, 0.3) is 0 Å². The summed E-state index contributed by atoms with van der Waals surface area (Å²) in [4.78, 5) is 21.0. The average Bonchev–Trinajstić information content (AvgIpc) is 1.82. The number of ketones is 2. The van der Waals surface area contributed by atoms with Crippen molar-refractivity contribution in [3.63, 3.8) is 0 Å². The minimum Gasteiger partial charge on any atom is -0.300 e. The molecule has 56 valence electrons. The van der Waals surface area contributed by atoms with E-state index in [0.29, 0.717) is 18.4 Å². The Morgan fingerprint density at radius 2 is 1.70 bits per heavy atom. The summed E-state index contributed by atoms with van der Waals surface area (Å²) in [5, 5.41) is 0. The van der Waals surface area contributed by atoms with Crippen LogP contribution < -0.4 is 0 Å². The third-order valence-electron chi connectivity index (χ3n) is 1.28. The molecular formula is C8H12O2. The highest BCUT2D eigenvalue weighted by atomic mass is 16.1. The maximum Gasteiger partial charge on any atom is 0.155 e. The van der Waals surface area contributed by atoms with E-state index in [1.54, 1.807) is 0 Å². The van der Waals surface area contributed by atoms with Gasteiger partial charge in [-0.15, -0.1) is 0 Å². The van der Waals surface area contributed by atoms with Crippen LogP contribution in [0.1, 0.15) is 26.7 Å². The fourth-order valence-electron chi connectivity index (χ4n) is 0.503. The molecule has 0 unspecified atom stereocenters. The lowest BCUT2D eigenvalue weighted by atomic mass is 10.1. The second-order valence-electron chi connectivity index (χ2n) is 2.36. The maximum atomic E-state index is 10.5. The topological polar surface area (TPSA) is 34.1 Å². The molecular weight excluding hydrogens is 128 g/mol. The molecule has 0 aliphatic rings. The zero-order valence-electron chi connectivity index (χ0n) is 6.44. The van der Waals surface area contributed by atoms with E-state index in [9.17, 15) is 9.59 Å². The second-order valence-corrected chi connectivity index (χ2v) is 2.36. The van der Waals surface area contributed by atoms with Crippen molar-refractivity contribution in [2.24, 2.45) is 0 Å². The molecule has 0 aliphatic heterocycles. The number of Topliss-reactive ketones (excluding diaryl/α,β-unsaturated/α-hetero) is 2. The van der Waals surface area contributed by atoms with Crippen LogP contribution in [0.3, 0.4) is 0 Å². The third-order valence-corrected chi connectivity index (χ3v) is 1.28. The van der Waals surface area contributed by atoms with Crippen molar-refractivity contribution >= 4 is 11.6 Å². The number of hydrogen-bond acceptors (Lipinski definition) is 2. The molecule has 10 heavy (non-hydrogen) atoms. The quantitative estimate of drug-likeness (QED) is 0.554. The monoisotopic (exact) mass is 140 g/mol. The summed E-state index contributed by atoms with van der Waals surface area (Å²) in [7, 11) is 0. The first-order valence-electron chi connectivity index (χ1n) is 3.22. The zero-order chi connectivity index (χ0) is 8.15. The van der Waals surface area contributed by atoms with Gasteiger partial charge >= 0.3 is 0 Å². The Morgan fingerprint density at radius 3 is 2.00 bits per heavy atom. The predicted molar refractivity (Wildman–Crippen MR) is 39.7 cm³/mol. The molecule has 2 heteroatoms. The lowest BCUT2D eigenvalue weighted by Crippen LogP contribution is -1.97. The highest BCUT2D eigenvalue weighted by Crippen LogP contribution is 2.02. The summed E-state index contributed by atoms with van der Waals surface area (Å²) in [6.07, 6.45) is 0.934. The molecule has 0 spiro atoms. The Kier molecular flexibility index (Phi) is 3.62. The van der Waals surface area contributed by atoms with E-state index in [4.69, 9.17) is 0 Å². The van der Waals surface area contributed by atoms with E-state index < -0.39 is 0 Å². The normalized spacial score (nSPS) is 9.00. The van der Waals surface area contributed by atoms with E-state index >= 15 is 0 Å². The van der Waals surface area contributed by atoms with E-state index in [1.807, 2.05) is 0 Å². The van der Waals surface area contributed by atoms with Crippen molar-refractivity contribution in [2.75, 3.05) is 0 Å². The smallest absolute Gasteiger partial charge is 0.155 e. The summed E-state index contributed by atoms with van der Waals surface area (Å²) in [6, 6.07) is 0. The van der Waals surface area contributed by atoms with Crippen molar-refractivity contribution in [1.29, 1.82) is 0 Å². The van der Waals surface area contributed by atoms with E-state index in [1.165, 1.54) is 13.8 Å². The molecule has 0 bridgehead atoms. The van der Waals surface area contributed by atoms with E-state index in [2.05, 4.69) is 6.58 Å². The molecule has 0 saturated heterocycles. The Morgan fingerprint density at radius 1 is 1.20 bits per heavy atom. The van der Waals surface area contributed by atoms with Gasteiger partial charge < -0.3 is 4.79 Å². The molecule has 0 aromatic heterocycles. The second kappa shape index (κ2) is 3.99. The minimum absolute atomic E-state index is 0.0266. The van der Waals surface area contributed by atoms with Crippen molar-refractivity contribution in [3.8, 4) is 0 Å². The minimum atomic E-state index is -0.0266. The van der Waals surface area contributed by atoms with Crippen LogP contribution in [0.4, 0.5) is 0 Å². The molecule has 0 rings (SSSR count). The molecule has 0 heterocycles. The molecule has 0 N–H and O–H groups in total. The van der Waals surface area contributed by atoms with Crippen LogP contribution in [-0.2, 0) is 9.59 Å². The standard InChI is InChI=1S/C8H12O2/c1-6(8(3)10)4-5-7(2)9/h1,4-5H2,2-3H3. The number of hydrogen-bond donors (Lipinski definition) is 0. The Hall–Kier alpha value is -0.920. The summed E-state index contributed by atoms with van der Waals surface area (Å²) < 4.78 is 0. The van der Waals surface area contributed by atoms with Gasteiger partial charge in [-0.1, -0.05) is 6.58 Å². The van der Waals surface area contributed by atoms with Crippen LogP contribution >= 0.6 is 0 Å². The Labute approximate surface area is 60.9 Å². The van der Waals surface area contributed by atoms with Crippen molar-refractivity contribution in [1.82, 2.24) is 0 Å². The van der Waals surface area contributed by atoms with Gasteiger partial charge in [0.2, 0.25) is 0 Å². The molecule has 0 fully saturated rings. The van der Waals surface area contributed by atoms with Crippen LogP contribution in [0.2, 0.25) is 0 Å². The van der Waals surface area contributed by atoms with Crippen LogP contribution in [0.15, 0.2) is 12.2 Å². The number of carbonyl (C=O) groups is 2. The van der Waals surface area contributed by atoms with E-state index in [-0.39, 0.29) is 11.6 Å². The lowest BCUT2D eigenvalue weighted by molar-refractivity contribution is -0.117. The average molecular weight is 140 g/mol. The van der Waals surface area contributed by atoms with Gasteiger partial charge in [0.05, 0.1) is 0 Å². The molecule has 0 atom stereocenters. The van der Waals surface area contributed by atoms with Crippen molar-refractivity contribution in [2.45, 2.75) is 26.7 Å². The van der Waals surface area contributed by atoms with Gasteiger partial charge in [-0.25, -0.2) is 0 Å². The van der Waals surface area contributed by atoms with Crippen molar-refractivity contribution in [3.05, 3.63) is 12.2 Å². The Balaban J connectivity index is 3.60. The maximum absolute atomic E-state index is 10.5. The number of carbonyl (C=O) groups excluding carboxylic acids is 2. The van der Waals surface area contributed by atoms with Gasteiger partial charge in [0.25, 0.3) is 0 Å². The third kappa shape index (κ3) is 4.01. The molecule has 0 amide bonds. The molecule has 0 aliphatic carbocycles. The van der Waals surface area contributed by atoms with Gasteiger partial charge in [-0.05, 0) is 25.8 Å². The number of allylic oxidation sites excluding steroid dienone is 1. The first-order valence-corrected chi connectivity index (χ1v) is 3.22. The summed E-state index contributed by atoms with van der Waals surface area (Å²) in [6.45, 7) is 6.49. The van der Waals surface area contributed by atoms with Crippen LogP contribution in [0, 0.1) is 0 Å². The van der Waals surface area contributed by atoms with Crippen LogP contribution in [0.5, 0.6) is 0 Å². The van der Waals surface area contributed by atoms with Gasteiger partial charge in [0, 0.05) is 6.42 Å². The molecule has 2 nitrogen and oxygen atoms in total. The molecule has 0 aromatic rings. The fraction of sp³-hybridized carbons (Fsp3) is 0.500. The highest BCUT2D eigenvalue weighted by molar-refractivity contribution is 5.93. The van der Waals surface area contributed by atoms with Gasteiger partial charge in [0.1, 0.15) is 5.78 Å². The van der Waals surface area contributed by atoms with Gasteiger partial charge in [0.15, 0.2) is 5.78 Å². The molecule has 0 saturated carbocycles. The largest absolute Gasteiger partial charge is 0.300 e. The SMILES string of the molecule is C=C(CCC(C)=O)C(C)=O. The highest BCUT2D eigenvalue weighted by Gasteiger charge is 2.01. The van der Waals surface area contributed by atoms with E-state index in [0.717, 1.165) is 0 Å². The van der Waals surface area contributed by atoms with Gasteiger partial charge in [-0.2, -0.15) is 0 Å². The first kappa shape index (κ1) is 9.08. The number of rotatable bonds is 4. The summed E-state index contributed by atoms with van der Waals surface area (Å²) >= 11 is 0. The zero-order valence-corrected chi connectivity index (χ0v) is 6.44. The summed E-state index contributed by atoms with van der Waals surface area (Å²) in [5.41, 5.74) is 0.537.